The zero-order chi connectivity index (χ0) is 33.7. The smallest absolute Gasteiger partial charge is 0.164 e. The van der Waals surface area contributed by atoms with Gasteiger partial charge in [-0.2, -0.15) is 0 Å². The quantitative estimate of drug-likeness (QED) is 0.186. The fourth-order valence-electron chi connectivity index (χ4n) is 7.13. The molecule has 0 aliphatic carbocycles. The summed E-state index contributed by atoms with van der Waals surface area (Å²) in [6, 6.07) is 61.0. The molecular weight excluding hydrogens is 623 g/mol. The first-order valence-corrected chi connectivity index (χ1v) is 17.1. The predicted octanol–water partition coefficient (Wildman–Crippen LogP) is 12.4. The average molecular weight is 652 g/mol. The molecule has 0 aliphatic heterocycles. The summed E-state index contributed by atoms with van der Waals surface area (Å²) >= 11 is 0. The second kappa shape index (κ2) is 11.9. The Bertz CT molecular complexity index is 2900. The van der Waals surface area contributed by atoms with Crippen LogP contribution in [0, 0.1) is 0 Å². The number of nitrogens with zero attached hydrogens (tertiary/aromatic N) is 3. The van der Waals surface area contributed by atoms with Crippen molar-refractivity contribution in [2.45, 2.75) is 0 Å². The van der Waals surface area contributed by atoms with E-state index in [9.17, 15) is 0 Å². The fraction of sp³-hybridized carbons (Fsp3) is 0. The molecular formula is C47H29N3O. The van der Waals surface area contributed by atoms with Crippen molar-refractivity contribution in [1.29, 1.82) is 0 Å². The van der Waals surface area contributed by atoms with Crippen LogP contribution in [0.2, 0.25) is 0 Å². The Balaban J connectivity index is 1.20. The fourth-order valence-corrected chi connectivity index (χ4v) is 7.13. The first kappa shape index (κ1) is 29.0. The lowest BCUT2D eigenvalue weighted by molar-refractivity contribution is 0.670. The monoisotopic (exact) mass is 651 g/mol. The minimum absolute atomic E-state index is 0.596. The second-order valence-electron chi connectivity index (χ2n) is 12.8. The van der Waals surface area contributed by atoms with Crippen molar-refractivity contribution >= 4 is 43.5 Å². The highest BCUT2D eigenvalue weighted by Crippen LogP contribution is 2.42. The molecule has 51 heavy (non-hydrogen) atoms. The molecule has 0 saturated carbocycles. The van der Waals surface area contributed by atoms with Crippen molar-refractivity contribution in [2.75, 3.05) is 0 Å². The Hall–Kier alpha value is -6.91. The molecule has 10 aromatic rings. The van der Waals surface area contributed by atoms with Crippen molar-refractivity contribution in [2.24, 2.45) is 0 Å². The number of hydrogen-bond donors (Lipinski definition) is 0. The van der Waals surface area contributed by atoms with Gasteiger partial charge in [0.05, 0.1) is 0 Å². The lowest BCUT2D eigenvalue weighted by Crippen LogP contribution is -2.00. The van der Waals surface area contributed by atoms with Crippen LogP contribution >= 0.6 is 0 Å². The highest BCUT2D eigenvalue weighted by Gasteiger charge is 2.21. The standard InChI is InChI=1S/C47H29N3O/c1-4-12-30(13-5-1)35-20-21-37-27-38(23-22-36(37)26-35)46-48-45(32-16-8-3-9-17-32)49-47(50-46)40-25-24-39(31-14-6-2-7-15-31)44-43(40)41-28-33-18-10-11-19-34(33)29-42(41)51-44/h1-29H. The van der Waals surface area contributed by atoms with Gasteiger partial charge in [-0.1, -0.05) is 140 Å². The Morgan fingerprint density at radius 1 is 0.333 bits per heavy atom. The maximum absolute atomic E-state index is 6.76. The Labute approximate surface area is 294 Å². The molecule has 0 fully saturated rings. The minimum atomic E-state index is 0.596. The molecule has 238 valence electrons. The molecule has 0 bridgehead atoms. The second-order valence-corrected chi connectivity index (χ2v) is 12.8. The molecule has 0 unspecified atom stereocenters. The molecule has 0 amide bonds. The molecule has 0 N–H and O–H groups in total. The number of aromatic nitrogens is 3. The van der Waals surface area contributed by atoms with E-state index in [1.54, 1.807) is 0 Å². The lowest BCUT2D eigenvalue weighted by atomic mass is 9.97. The van der Waals surface area contributed by atoms with Crippen LogP contribution in [0.4, 0.5) is 0 Å². The van der Waals surface area contributed by atoms with Gasteiger partial charge >= 0.3 is 0 Å². The topological polar surface area (TPSA) is 51.8 Å². The summed E-state index contributed by atoms with van der Waals surface area (Å²) in [7, 11) is 0. The van der Waals surface area contributed by atoms with Gasteiger partial charge in [-0.3, -0.25) is 0 Å². The van der Waals surface area contributed by atoms with E-state index in [4.69, 9.17) is 19.4 Å². The van der Waals surface area contributed by atoms with Gasteiger partial charge in [0.2, 0.25) is 0 Å². The number of rotatable bonds is 5. The number of hydrogen-bond acceptors (Lipinski definition) is 4. The predicted molar refractivity (Wildman–Crippen MR) is 209 cm³/mol. The summed E-state index contributed by atoms with van der Waals surface area (Å²) in [5.41, 5.74) is 8.89. The molecule has 0 aliphatic rings. The molecule has 4 heteroatoms. The average Bonchev–Trinajstić information content (AvgIpc) is 3.58. The summed E-state index contributed by atoms with van der Waals surface area (Å²) < 4.78 is 6.76. The van der Waals surface area contributed by atoms with Crippen LogP contribution in [0.1, 0.15) is 0 Å². The Morgan fingerprint density at radius 3 is 1.55 bits per heavy atom. The zero-order valence-corrected chi connectivity index (χ0v) is 27.5. The summed E-state index contributed by atoms with van der Waals surface area (Å²) in [5.74, 6) is 1.83. The third kappa shape index (κ3) is 5.13. The van der Waals surface area contributed by atoms with Crippen LogP contribution in [0.25, 0.3) is 99.9 Å². The maximum atomic E-state index is 6.76. The molecule has 0 atom stereocenters. The van der Waals surface area contributed by atoms with Gasteiger partial charge < -0.3 is 4.42 Å². The van der Waals surface area contributed by atoms with Gasteiger partial charge in [0.25, 0.3) is 0 Å². The van der Waals surface area contributed by atoms with Crippen LogP contribution in [0.3, 0.4) is 0 Å². The maximum Gasteiger partial charge on any atom is 0.164 e. The van der Waals surface area contributed by atoms with E-state index < -0.39 is 0 Å². The number of furan rings is 1. The first-order chi connectivity index (χ1) is 25.2. The summed E-state index contributed by atoms with van der Waals surface area (Å²) in [6.07, 6.45) is 0. The van der Waals surface area contributed by atoms with Crippen LogP contribution < -0.4 is 0 Å². The van der Waals surface area contributed by atoms with E-state index in [-0.39, 0.29) is 0 Å². The van der Waals surface area contributed by atoms with E-state index in [0.717, 1.165) is 71.3 Å². The normalized spacial score (nSPS) is 11.5. The van der Waals surface area contributed by atoms with Gasteiger partial charge in [0.15, 0.2) is 17.5 Å². The highest BCUT2D eigenvalue weighted by atomic mass is 16.3. The third-order valence-corrected chi connectivity index (χ3v) is 9.69. The SMILES string of the molecule is c1ccc(-c2ccc3cc(-c4nc(-c5ccccc5)nc(-c5ccc(-c6ccccc6)c6oc7cc8ccccc8cc7c56)n4)ccc3c2)cc1. The lowest BCUT2D eigenvalue weighted by Gasteiger charge is -2.11. The van der Waals surface area contributed by atoms with Crippen molar-refractivity contribution in [3.8, 4) is 56.4 Å². The molecule has 2 aromatic heterocycles. The summed E-state index contributed by atoms with van der Waals surface area (Å²) in [6.45, 7) is 0. The van der Waals surface area contributed by atoms with Crippen molar-refractivity contribution in [3.63, 3.8) is 0 Å². The number of fused-ring (bicyclic) bond motifs is 5. The first-order valence-electron chi connectivity index (χ1n) is 17.1. The van der Waals surface area contributed by atoms with Crippen LogP contribution in [0.5, 0.6) is 0 Å². The van der Waals surface area contributed by atoms with Crippen molar-refractivity contribution in [3.05, 3.63) is 176 Å². The molecule has 8 aromatic carbocycles. The molecule has 0 saturated heterocycles. The largest absolute Gasteiger partial charge is 0.455 e. The molecule has 4 nitrogen and oxygen atoms in total. The highest BCUT2D eigenvalue weighted by molar-refractivity contribution is 6.18. The van der Waals surface area contributed by atoms with E-state index >= 15 is 0 Å². The van der Waals surface area contributed by atoms with Crippen LogP contribution in [-0.4, -0.2) is 15.0 Å². The Kier molecular flexibility index (Phi) is 6.78. The van der Waals surface area contributed by atoms with E-state index in [1.165, 1.54) is 11.1 Å². The van der Waals surface area contributed by atoms with E-state index in [1.807, 2.05) is 42.5 Å². The third-order valence-electron chi connectivity index (χ3n) is 9.69. The minimum Gasteiger partial charge on any atom is -0.455 e. The Morgan fingerprint density at radius 2 is 0.843 bits per heavy atom. The van der Waals surface area contributed by atoms with Crippen LogP contribution in [-0.2, 0) is 0 Å². The van der Waals surface area contributed by atoms with Crippen molar-refractivity contribution in [1.82, 2.24) is 15.0 Å². The van der Waals surface area contributed by atoms with Crippen molar-refractivity contribution < 1.29 is 4.42 Å². The van der Waals surface area contributed by atoms with Gasteiger partial charge in [-0.15, -0.1) is 0 Å². The molecule has 0 spiro atoms. The molecule has 2 heterocycles. The van der Waals surface area contributed by atoms with Gasteiger partial charge in [0, 0.05) is 33.0 Å². The number of benzene rings is 8. The molecule has 10 rings (SSSR count). The van der Waals surface area contributed by atoms with Gasteiger partial charge in [-0.25, -0.2) is 15.0 Å². The molecule has 0 radical (unpaired) electrons. The van der Waals surface area contributed by atoms with E-state index in [0.29, 0.717) is 17.5 Å². The summed E-state index contributed by atoms with van der Waals surface area (Å²) in [4.78, 5) is 15.4. The zero-order valence-electron chi connectivity index (χ0n) is 27.5. The van der Waals surface area contributed by atoms with Crippen LogP contribution in [0.15, 0.2) is 180 Å². The van der Waals surface area contributed by atoms with E-state index in [2.05, 4.69) is 133 Å². The van der Waals surface area contributed by atoms with Gasteiger partial charge in [0.1, 0.15) is 11.2 Å². The van der Waals surface area contributed by atoms with Gasteiger partial charge in [-0.05, 0) is 74.6 Å². The summed E-state index contributed by atoms with van der Waals surface area (Å²) in [5, 5.41) is 6.58.